The highest BCUT2D eigenvalue weighted by molar-refractivity contribution is 5.89. The van der Waals surface area contributed by atoms with Crippen LogP contribution in [0.25, 0.3) is 0 Å². The molecule has 1 saturated heterocycles. The van der Waals surface area contributed by atoms with Gasteiger partial charge in [0.25, 0.3) is 0 Å². The molecule has 1 amide bonds. The SMILES string of the molecule is O=C1OC(COCC#Cc2ccccc2)CN1c1ccccc1. The molecule has 0 spiro atoms. The Kier molecular flexibility index (Phi) is 4.92. The van der Waals surface area contributed by atoms with Crippen molar-refractivity contribution in [3.05, 3.63) is 66.2 Å². The summed E-state index contributed by atoms with van der Waals surface area (Å²) in [4.78, 5) is 13.5. The third-order valence-electron chi connectivity index (χ3n) is 3.43. The van der Waals surface area contributed by atoms with E-state index in [4.69, 9.17) is 9.47 Å². The van der Waals surface area contributed by atoms with Gasteiger partial charge in [0, 0.05) is 11.3 Å². The first-order chi connectivity index (χ1) is 11.3. The molecule has 1 aliphatic heterocycles. The van der Waals surface area contributed by atoms with Gasteiger partial charge in [0.15, 0.2) is 0 Å². The van der Waals surface area contributed by atoms with E-state index in [-0.39, 0.29) is 12.2 Å². The zero-order chi connectivity index (χ0) is 15.9. The number of hydrogen-bond donors (Lipinski definition) is 0. The number of benzene rings is 2. The maximum Gasteiger partial charge on any atom is 0.414 e. The lowest BCUT2D eigenvalue weighted by atomic mass is 10.2. The molecule has 2 aromatic carbocycles. The second-order valence-corrected chi connectivity index (χ2v) is 5.13. The number of hydrogen-bond acceptors (Lipinski definition) is 3. The van der Waals surface area contributed by atoms with Gasteiger partial charge in [-0.15, -0.1) is 0 Å². The summed E-state index contributed by atoms with van der Waals surface area (Å²) in [6.07, 6.45) is -0.596. The first kappa shape index (κ1) is 15.1. The predicted molar refractivity (Wildman–Crippen MR) is 88.2 cm³/mol. The molecule has 1 unspecified atom stereocenters. The van der Waals surface area contributed by atoms with Crippen molar-refractivity contribution in [1.29, 1.82) is 0 Å². The van der Waals surface area contributed by atoms with Crippen LogP contribution in [0.2, 0.25) is 0 Å². The number of nitrogens with zero attached hydrogens (tertiary/aromatic N) is 1. The first-order valence-electron chi connectivity index (χ1n) is 7.48. The van der Waals surface area contributed by atoms with E-state index in [9.17, 15) is 4.79 Å². The molecule has 1 fully saturated rings. The summed E-state index contributed by atoms with van der Waals surface area (Å²) >= 11 is 0. The van der Waals surface area contributed by atoms with Gasteiger partial charge in [0.1, 0.15) is 12.7 Å². The first-order valence-corrected chi connectivity index (χ1v) is 7.48. The lowest BCUT2D eigenvalue weighted by Gasteiger charge is -2.12. The highest BCUT2D eigenvalue weighted by Crippen LogP contribution is 2.21. The van der Waals surface area contributed by atoms with Crippen LogP contribution in [0.1, 0.15) is 5.56 Å². The minimum Gasteiger partial charge on any atom is -0.441 e. The van der Waals surface area contributed by atoms with Crippen molar-refractivity contribution in [2.75, 3.05) is 24.7 Å². The fourth-order valence-electron chi connectivity index (χ4n) is 2.33. The summed E-state index contributed by atoms with van der Waals surface area (Å²) < 4.78 is 10.8. The Hall–Kier alpha value is -2.77. The highest BCUT2D eigenvalue weighted by Gasteiger charge is 2.32. The van der Waals surface area contributed by atoms with E-state index < -0.39 is 0 Å². The molecular formula is C19H17NO3. The second kappa shape index (κ2) is 7.48. The van der Waals surface area contributed by atoms with Gasteiger partial charge in [-0.3, -0.25) is 4.90 Å². The normalized spacial score (nSPS) is 16.6. The number of para-hydroxylation sites is 1. The Morgan fingerprint density at radius 1 is 1.09 bits per heavy atom. The van der Waals surface area contributed by atoms with Crippen LogP contribution in [0.4, 0.5) is 10.5 Å². The molecular weight excluding hydrogens is 290 g/mol. The van der Waals surface area contributed by atoms with Crippen LogP contribution in [0.5, 0.6) is 0 Å². The Balaban J connectivity index is 1.45. The average Bonchev–Trinajstić information content (AvgIpc) is 2.97. The number of carbonyl (C=O) groups is 1. The van der Waals surface area contributed by atoms with E-state index in [1.165, 1.54) is 0 Å². The molecule has 23 heavy (non-hydrogen) atoms. The van der Waals surface area contributed by atoms with Gasteiger partial charge < -0.3 is 9.47 Å². The largest absolute Gasteiger partial charge is 0.441 e. The molecule has 0 N–H and O–H groups in total. The number of anilines is 1. The van der Waals surface area contributed by atoms with Crippen molar-refractivity contribution in [1.82, 2.24) is 0 Å². The van der Waals surface area contributed by atoms with E-state index in [0.29, 0.717) is 19.8 Å². The molecule has 1 heterocycles. The smallest absolute Gasteiger partial charge is 0.414 e. The Morgan fingerprint density at radius 2 is 1.78 bits per heavy atom. The summed E-state index contributed by atoms with van der Waals surface area (Å²) in [5.74, 6) is 5.97. The van der Waals surface area contributed by atoms with Gasteiger partial charge in [-0.1, -0.05) is 48.2 Å². The fraction of sp³-hybridized carbons (Fsp3) is 0.211. The van der Waals surface area contributed by atoms with Gasteiger partial charge in [-0.05, 0) is 24.3 Å². The zero-order valence-corrected chi connectivity index (χ0v) is 12.6. The number of amides is 1. The van der Waals surface area contributed by atoms with Crippen molar-refractivity contribution < 1.29 is 14.3 Å². The van der Waals surface area contributed by atoms with Crippen LogP contribution in [0, 0.1) is 11.8 Å². The minimum atomic E-state index is -0.333. The summed E-state index contributed by atoms with van der Waals surface area (Å²) in [5, 5.41) is 0. The predicted octanol–water partition coefficient (Wildman–Crippen LogP) is 3.08. The van der Waals surface area contributed by atoms with Crippen LogP contribution in [0.15, 0.2) is 60.7 Å². The summed E-state index contributed by atoms with van der Waals surface area (Å²) in [7, 11) is 0. The van der Waals surface area contributed by atoms with Gasteiger partial charge in [-0.25, -0.2) is 4.79 Å². The molecule has 0 radical (unpaired) electrons. The van der Waals surface area contributed by atoms with Crippen LogP contribution < -0.4 is 4.90 Å². The van der Waals surface area contributed by atoms with Crippen molar-refractivity contribution in [2.24, 2.45) is 0 Å². The minimum absolute atomic E-state index is 0.263. The van der Waals surface area contributed by atoms with Crippen LogP contribution in [-0.4, -0.2) is 32.0 Å². The third-order valence-corrected chi connectivity index (χ3v) is 3.43. The average molecular weight is 307 g/mol. The molecule has 1 aliphatic rings. The molecule has 4 nitrogen and oxygen atoms in total. The zero-order valence-electron chi connectivity index (χ0n) is 12.6. The lowest BCUT2D eigenvalue weighted by molar-refractivity contribution is 0.0598. The molecule has 0 bridgehead atoms. The van der Waals surface area contributed by atoms with Crippen LogP contribution in [-0.2, 0) is 9.47 Å². The molecule has 1 atom stereocenters. The van der Waals surface area contributed by atoms with E-state index in [0.717, 1.165) is 11.3 Å². The maximum atomic E-state index is 11.9. The Labute approximate surface area is 135 Å². The standard InChI is InChI=1S/C19H17NO3/c21-19-20(17-11-5-2-6-12-17)14-18(23-19)15-22-13-7-10-16-8-3-1-4-9-16/h1-6,8-9,11-12,18H,13-15H2. The van der Waals surface area contributed by atoms with E-state index >= 15 is 0 Å². The molecule has 116 valence electrons. The van der Waals surface area contributed by atoms with Crippen molar-refractivity contribution in [2.45, 2.75) is 6.10 Å². The number of cyclic esters (lactones) is 1. The van der Waals surface area contributed by atoms with E-state index in [1.54, 1.807) is 4.90 Å². The summed E-state index contributed by atoms with van der Waals surface area (Å²) in [6.45, 7) is 1.15. The van der Waals surface area contributed by atoms with Crippen molar-refractivity contribution in [3.8, 4) is 11.8 Å². The summed E-state index contributed by atoms with van der Waals surface area (Å²) in [5.41, 5.74) is 1.79. The van der Waals surface area contributed by atoms with E-state index in [1.807, 2.05) is 60.7 Å². The maximum absolute atomic E-state index is 11.9. The van der Waals surface area contributed by atoms with Gasteiger partial charge >= 0.3 is 6.09 Å². The van der Waals surface area contributed by atoms with Crippen LogP contribution >= 0.6 is 0 Å². The number of carbonyl (C=O) groups excluding carboxylic acids is 1. The quantitative estimate of drug-likeness (QED) is 0.643. The third kappa shape index (κ3) is 4.12. The molecule has 3 rings (SSSR count). The topological polar surface area (TPSA) is 38.8 Å². The molecule has 0 aliphatic carbocycles. The Bertz CT molecular complexity index is 704. The molecule has 0 saturated carbocycles. The molecule has 0 aromatic heterocycles. The van der Waals surface area contributed by atoms with Crippen LogP contribution in [0.3, 0.4) is 0 Å². The number of ether oxygens (including phenoxy) is 2. The monoisotopic (exact) mass is 307 g/mol. The van der Waals surface area contributed by atoms with Gasteiger partial charge in [-0.2, -0.15) is 0 Å². The van der Waals surface area contributed by atoms with E-state index in [2.05, 4.69) is 11.8 Å². The molecule has 4 heteroatoms. The molecule has 2 aromatic rings. The number of rotatable bonds is 4. The fourth-order valence-corrected chi connectivity index (χ4v) is 2.33. The van der Waals surface area contributed by atoms with Crippen molar-refractivity contribution in [3.63, 3.8) is 0 Å². The summed E-state index contributed by atoms with van der Waals surface area (Å²) in [6, 6.07) is 19.2. The second-order valence-electron chi connectivity index (χ2n) is 5.13. The Morgan fingerprint density at radius 3 is 2.52 bits per heavy atom. The highest BCUT2D eigenvalue weighted by atomic mass is 16.6. The van der Waals surface area contributed by atoms with Crippen molar-refractivity contribution >= 4 is 11.8 Å². The van der Waals surface area contributed by atoms with Gasteiger partial charge in [0.2, 0.25) is 0 Å². The van der Waals surface area contributed by atoms with Gasteiger partial charge in [0.05, 0.1) is 13.2 Å². The lowest BCUT2D eigenvalue weighted by Crippen LogP contribution is -2.25.